The van der Waals surface area contributed by atoms with Crippen LogP contribution in [-0.2, 0) is 18.0 Å². The molecule has 1 rings (SSSR count). The van der Waals surface area contributed by atoms with Gasteiger partial charge in [-0.25, -0.2) is 9.13 Å². The average molecular weight is 194 g/mol. The van der Waals surface area contributed by atoms with E-state index in [2.05, 4.69) is 10.6 Å². The first kappa shape index (κ1) is 10.7. The molecular formula is C10H16N3O+. The second-order valence-corrected chi connectivity index (χ2v) is 3.19. The Hall–Kier alpha value is -1.34. The molecule has 1 heterocycles. The summed E-state index contributed by atoms with van der Waals surface area (Å²) in [5, 5.41) is 8.42. The van der Waals surface area contributed by atoms with E-state index in [1.807, 2.05) is 23.9 Å². The minimum Gasteiger partial charge on any atom is -0.345 e. The van der Waals surface area contributed by atoms with Crippen LogP contribution >= 0.6 is 0 Å². The van der Waals surface area contributed by atoms with Gasteiger partial charge in [0.1, 0.15) is 12.4 Å². The molecule has 0 fully saturated rings. The van der Waals surface area contributed by atoms with Crippen LogP contribution in [0.25, 0.3) is 0 Å². The van der Waals surface area contributed by atoms with Crippen LogP contribution in [0, 0.1) is 18.3 Å². The fraction of sp³-hybridized carbons (Fsp3) is 0.600. The number of rotatable bonds is 5. The predicted octanol–water partition coefficient (Wildman–Crippen LogP) is 0.992. The number of methoxy groups -OCH3 is 1. The van der Waals surface area contributed by atoms with Gasteiger partial charge in [0.2, 0.25) is 0 Å². The largest absolute Gasteiger partial charge is 0.345 e. The summed E-state index contributed by atoms with van der Waals surface area (Å²) in [6.45, 7) is 3.53. The van der Waals surface area contributed by atoms with Gasteiger partial charge >= 0.3 is 0 Å². The summed E-state index contributed by atoms with van der Waals surface area (Å²) in [5.74, 6) is 1.16. The maximum atomic E-state index is 8.42. The predicted molar refractivity (Wildman–Crippen MR) is 51.2 cm³/mol. The summed E-state index contributed by atoms with van der Waals surface area (Å²) < 4.78 is 9.21. The minimum absolute atomic E-state index is 0.580. The van der Waals surface area contributed by atoms with E-state index < -0.39 is 0 Å². The molecule has 1 aromatic heterocycles. The zero-order chi connectivity index (χ0) is 10.4. The number of unbranched alkanes of at least 4 members (excludes halogenated alkanes) is 1. The standard InChI is InChI=1S/C10H16N3O/c1-10-12(6-4-3-5-11)7-8-13(10)9-14-2/h7-8H,3-4,6,9H2,1-2H3/q+1. The molecule has 0 aromatic carbocycles. The number of ether oxygens (including phenoxy) is 1. The fourth-order valence-electron chi connectivity index (χ4n) is 1.38. The molecule has 0 unspecified atom stereocenters. The van der Waals surface area contributed by atoms with Crippen molar-refractivity contribution in [3.05, 3.63) is 18.2 Å². The van der Waals surface area contributed by atoms with E-state index in [0.717, 1.165) is 18.8 Å². The molecule has 0 saturated carbocycles. The van der Waals surface area contributed by atoms with Crippen LogP contribution in [0.1, 0.15) is 18.7 Å². The number of aromatic nitrogens is 2. The lowest BCUT2D eigenvalue weighted by atomic mass is 10.3. The third-order valence-electron chi connectivity index (χ3n) is 2.21. The Kier molecular flexibility index (Phi) is 4.14. The van der Waals surface area contributed by atoms with E-state index in [-0.39, 0.29) is 0 Å². The van der Waals surface area contributed by atoms with Crippen molar-refractivity contribution in [2.75, 3.05) is 7.11 Å². The molecule has 1 aromatic rings. The number of nitriles is 1. The van der Waals surface area contributed by atoms with Crippen LogP contribution in [0.15, 0.2) is 12.4 Å². The molecule has 14 heavy (non-hydrogen) atoms. The average Bonchev–Trinajstić information content (AvgIpc) is 2.51. The van der Waals surface area contributed by atoms with Crippen molar-refractivity contribution in [3.63, 3.8) is 0 Å². The summed E-state index contributed by atoms with van der Waals surface area (Å²) in [4.78, 5) is 0. The van der Waals surface area contributed by atoms with Crippen molar-refractivity contribution in [3.8, 4) is 6.07 Å². The summed E-state index contributed by atoms with van der Waals surface area (Å²) in [6.07, 6.45) is 5.53. The molecule has 0 bridgehead atoms. The number of hydrogen-bond donors (Lipinski definition) is 0. The summed E-state index contributed by atoms with van der Waals surface area (Å²) >= 11 is 0. The lowest BCUT2D eigenvalue weighted by Crippen LogP contribution is -2.36. The van der Waals surface area contributed by atoms with Crippen molar-refractivity contribution in [2.24, 2.45) is 0 Å². The number of hydrogen-bond acceptors (Lipinski definition) is 2. The number of aryl methyl sites for hydroxylation is 1. The van der Waals surface area contributed by atoms with Crippen molar-refractivity contribution in [1.29, 1.82) is 5.26 Å². The Morgan fingerprint density at radius 1 is 1.64 bits per heavy atom. The number of nitrogens with zero attached hydrogens (tertiary/aromatic N) is 3. The maximum Gasteiger partial charge on any atom is 0.255 e. The summed E-state index contributed by atoms with van der Waals surface area (Å²) in [6, 6.07) is 2.14. The monoisotopic (exact) mass is 194 g/mol. The van der Waals surface area contributed by atoms with E-state index in [1.54, 1.807) is 7.11 Å². The van der Waals surface area contributed by atoms with Gasteiger partial charge < -0.3 is 4.74 Å². The minimum atomic E-state index is 0.580. The molecule has 0 aliphatic rings. The van der Waals surface area contributed by atoms with Crippen LogP contribution in [-0.4, -0.2) is 11.7 Å². The number of imidazole rings is 1. The van der Waals surface area contributed by atoms with Gasteiger partial charge in [-0.2, -0.15) is 5.26 Å². The van der Waals surface area contributed by atoms with Crippen LogP contribution < -0.4 is 4.57 Å². The highest BCUT2D eigenvalue weighted by molar-refractivity contribution is 4.80. The first-order valence-electron chi connectivity index (χ1n) is 4.70. The molecule has 0 saturated heterocycles. The van der Waals surface area contributed by atoms with Gasteiger partial charge in [0, 0.05) is 20.5 Å². The highest BCUT2D eigenvalue weighted by Crippen LogP contribution is 1.98. The summed E-state index contributed by atoms with van der Waals surface area (Å²) in [5.41, 5.74) is 0. The van der Waals surface area contributed by atoms with E-state index in [0.29, 0.717) is 13.2 Å². The highest BCUT2D eigenvalue weighted by atomic mass is 16.5. The van der Waals surface area contributed by atoms with E-state index in [4.69, 9.17) is 10.00 Å². The second-order valence-electron chi connectivity index (χ2n) is 3.19. The van der Waals surface area contributed by atoms with Gasteiger partial charge in [-0.1, -0.05) is 0 Å². The highest BCUT2D eigenvalue weighted by Gasteiger charge is 2.10. The zero-order valence-corrected chi connectivity index (χ0v) is 8.73. The van der Waals surface area contributed by atoms with Crippen molar-refractivity contribution in [1.82, 2.24) is 4.57 Å². The lowest BCUT2D eigenvalue weighted by molar-refractivity contribution is -0.736. The molecule has 76 valence electrons. The smallest absolute Gasteiger partial charge is 0.255 e. The van der Waals surface area contributed by atoms with Crippen LogP contribution in [0.4, 0.5) is 0 Å². The lowest BCUT2D eigenvalue weighted by Gasteiger charge is -1.98. The third kappa shape index (κ3) is 2.57. The molecule has 0 spiro atoms. The van der Waals surface area contributed by atoms with Crippen molar-refractivity contribution >= 4 is 0 Å². The van der Waals surface area contributed by atoms with Crippen LogP contribution in [0.2, 0.25) is 0 Å². The quantitative estimate of drug-likeness (QED) is 0.518. The van der Waals surface area contributed by atoms with Gasteiger partial charge in [0.05, 0.1) is 12.6 Å². The Labute approximate surface area is 84.3 Å². The van der Waals surface area contributed by atoms with Crippen LogP contribution in [0.3, 0.4) is 0 Å². The van der Waals surface area contributed by atoms with Gasteiger partial charge in [0.25, 0.3) is 5.82 Å². The molecule has 0 aliphatic carbocycles. The summed E-state index contributed by atoms with van der Waals surface area (Å²) in [7, 11) is 1.68. The van der Waals surface area contributed by atoms with E-state index in [9.17, 15) is 0 Å². The molecule has 0 aliphatic heterocycles. The Balaban J connectivity index is 2.56. The first-order valence-corrected chi connectivity index (χ1v) is 4.70. The maximum absolute atomic E-state index is 8.42. The van der Waals surface area contributed by atoms with Crippen LogP contribution in [0.5, 0.6) is 0 Å². The van der Waals surface area contributed by atoms with Gasteiger partial charge in [0.15, 0.2) is 6.73 Å². The topological polar surface area (TPSA) is 41.8 Å². The van der Waals surface area contributed by atoms with Crippen molar-refractivity contribution in [2.45, 2.75) is 33.0 Å². The molecule has 0 atom stereocenters. The molecule has 4 nitrogen and oxygen atoms in total. The fourth-order valence-corrected chi connectivity index (χ4v) is 1.38. The first-order chi connectivity index (χ1) is 6.79. The SMILES string of the molecule is COC[n+]1ccn(CCCC#N)c1C. The molecule has 4 heteroatoms. The zero-order valence-electron chi connectivity index (χ0n) is 8.73. The Morgan fingerprint density at radius 2 is 2.43 bits per heavy atom. The Morgan fingerprint density at radius 3 is 3.07 bits per heavy atom. The molecule has 0 radical (unpaired) electrons. The molecule has 0 amide bonds. The van der Waals surface area contributed by atoms with Gasteiger partial charge in [-0.3, -0.25) is 0 Å². The third-order valence-corrected chi connectivity index (χ3v) is 2.21. The van der Waals surface area contributed by atoms with E-state index in [1.165, 1.54) is 0 Å². The normalized spacial score (nSPS) is 10.1. The van der Waals surface area contributed by atoms with E-state index >= 15 is 0 Å². The molecular weight excluding hydrogens is 178 g/mol. The van der Waals surface area contributed by atoms with Crippen molar-refractivity contribution < 1.29 is 9.30 Å². The van der Waals surface area contributed by atoms with Gasteiger partial charge in [-0.15, -0.1) is 0 Å². The molecule has 0 N–H and O–H groups in total. The van der Waals surface area contributed by atoms with Gasteiger partial charge in [-0.05, 0) is 6.42 Å². The second kappa shape index (κ2) is 5.40. The Bertz CT molecular complexity index is 325.